The molecule has 0 aliphatic carbocycles. The molecular formula is C13H25NO4S. The number of nitrogens with one attached hydrogen (secondary N) is 1. The fourth-order valence-corrected chi connectivity index (χ4v) is 4.18. The van der Waals surface area contributed by atoms with Crippen molar-refractivity contribution in [3.8, 4) is 0 Å². The zero-order valence-electron chi connectivity index (χ0n) is 12.0. The van der Waals surface area contributed by atoms with Gasteiger partial charge in [0, 0.05) is 12.6 Å². The third-order valence-corrected chi connectivity index (χ3v) is 5.83. The minimum Gasteiger partial charge on any atom is -0.396 e. The third kappa shape index (κ3) is 4.45. The normalized spacial score (nSPS) is 24.7. The van der Waals surface area contributed by atoms with Gasteiger partial charge in [-0.1, -0.05) is 27.2 Å². The second kappa shape index (κ2) is 6.22. The summed E-state index contributed by atoms with van der Waals surface area (Å²) < 4.78 is 23.8. The molecule has 1 heterocycles. The molecule has 5 nitrogen and oxygen atoms in total. The maximum atomic E-state index is 12.2. The number of aliphatic hydroxyl groups is 1. The summed E-state index contributed by atoms with van der Waals surface area (Å²) in [5.41, 5.74) is -0.211. The Bertz CT molecular complexity index is 411. The number of carbonyl (C=O) groups is 1. The van der Waals surface area contributed by atoms with E-state index in [1.807, 2.05) is 20.8 Å². The van der Waals surface area contributed by atoms with Crippen molar-refractivity contribution in [2.75, 3.05) is 12.4 Å². The molecule has 0 radical (unpaired) electrons. The van der Waals surface area contributed by atoms with Gasteiger partial charge in [-0.05, 0) is 24.7 Å². The molecule has 2 unspecified atom stereocenters. The van der Waals surface area contributed by atoms with Gasteiger partial charge in [0.25, 0.3) is 0 Å². The Hall–Kier alpha value is -0.620. The molecule has 112 valence electrons. The van der Waals surface area contributed by atoms with E-state index in [0.29, 0.717) is 19.3 Å². The van der Waals surface area contributed by atoms with Crippen LogP contribution < -0.4 is 5.32 Å². The first-order chi connectivity index (χ1) is 8.68. The van der Waals surface area contributed by atoms with E-state index in [0.717, 1.165) is 6.42 Å². The number of rotatable bonds is 4. The van der Waals surface area contributed by atoms with Crippen LogP contribution in [0.25, 0.3) is 0 Å². The molecule has 1 amide bonds. The lowest BCUT2D eigenvalue weighted by molar-refractivity contribution is -0.122. The molecule has 0 spiro atoms. The van der Waals surface area contributed by atoms with E-state index >= 15 is 0 Å². The lowest BCUT2D eigenvalue weighted by atomic mass is 9.85. The summed E-state index contributed by atoms with van der Waals surface area (Å²) in [7, 11) is -3.30. The van der Waals surface area contributed by atoms with Crippen molar-refractivity contribution in [3.05, 3.63) is 0 Å². The lowest BCUT2D eigenvalue weighted by Crippen LogP contribution is -2.50. The Morgan fingerprint density at radius 3 is 2.47 bits per heavy atom. The molecule has 19 heavy (non-hydrogen) atoms. The van der Waals surface area contributed by atoms with E-state index < -0.39 is 21.0 Å². The SMILES string of the molecule is CC(C)(C)C(CCO)NC(=O)C1CCCCS1(=O)=O. The smallest absolute Gasteiger partial charge is 0.238 e. The molecule has 2 atom stereocenters. The molecule has 2 N–H and O–H groups in total. The molecular weight excluding hydrogens is 266 g/mol. The number of sulfone groups is 1. The first-order valence-corrected chi connectivity index (χ1v) is 8.53. The van der Waals surface area contributed by atoms with Crippen LogP contribution >= 0.6 is 0 Å². The van der Waals surface area contributed by atoms with Gasteiger partial charge < -0.3 is 10.4 Å². The van der Waals surface area contributed by atoms with Gasteiger partial charge in [-0.25, -0.2) is 8.42 Å². The van der Waals surface area contributed by atoms with E-state index in [4.69, 9.17) is 5.11 Å². The van der Waals surface area contributed by atoms with Crippen molar-refractivity contribution >= 4 is 15.7 Å². The number of amides is 1. The van der Waals surface area contributed by atoms with Crippen LogP contribution in [0.2, 0.25) is 0 Å². The highest BCUT2D eigenvalue weighted by atomic mass is 32.2. The van der Waals surface area contributed by atoms with E-state index in [9.17, 15) is 13.2 Å². The van der Waals surface area contributed by atoms with Crippen LogP contribution in [0.4, 0.5) is 0 Å². The van der Waals surface area contributed by atoms with E-state index in [1.54, 1.807) is 0 Å². The molecule has 1 rings (SSSR count). The molecule has 0 aromatic heterocycles. The summed E-state index contributed by atoms with van der Waals surface area (Å²) in [6.07, 6.45) is 2.26. The van der Waals surface area contributed by atoms with Gasteiger partial charge in [0.2, 0.25) is 5.91 Å². The van der Waals surface area contributed by atoms with Crippen LogP contribution in [-0.4, -0.2) is 43.1 Å². The topological polar surface area (TPSA) is 83.5 Å². The largest absolute Gasteiger partial charge is 0.396 e. The summed E-state index contributed by atoms with van der Waals surface area (Å²) in [5, 5.41) is 10.9. The van der Waals surface area contributed by atoms with Gasteiger partial charge in [-0.15, -0.1) is 0 Å². The van der Waals surface area contributed by atoms with Gasteiger partial charge >= 0.3 is 0 Å². The molecule has 1 fully saturated rings. The predicted molar refractivity (Wildman–Crippen MR) is 74.5 cm³/mol. The van der Waals surface area contributed by atoms with Crippen molar-refractivity contribution < 1.29 is 18.3 Å². The van der Waals surface area contributed by atoms with Crippen LogP contribution in [0.15, 0.2) is 0 Å². The maximum absolute atomic E-state index is 12.2. The summed E-state index contributed by atoms with van der Waals surface area (Å²) >= 11 is 0. The van der Waals surface area contributed by atoms with Crippen molar-refractivity contribution in [1.29, 1.82) is 0 Å². The molecule has 1 aliphatic heterocycles. The van der Waals surface area contributed by atoms with Crippen LogP contribution in [0.1, 0.15) is 46.5 Å². The number of carbonyl (C=O) groups excluding carboxylic acids is 1. The Kier molecular flexibility index (Phi) is 5.38. The first-order valence-electron chi connectivity index (χ1n) is 6.81. The summed E-state index contributed by atoms with van der Waals surface area (Å²) in [6.45, 7) is 5.86. The Morgan fingerprint density at radius 2 is 2.00 bits per heavy atom. The Labute approximate surface area is 115 Å². The monoisotopic (exact) mass is 291 g/mol. The number of hydrogen-bond acceptors (Lipinski definition) is 4. The average Bonchev–Trinajstić information content (AvgIpc) is 2.26. The van der Waals surface area contributed by atoms with Gasteiger partial charge in [-0.2, -0.15) is 0 Å². The van der Waals surface area contributed by atoms with Crippen molar-refractivity contribution in [1.82, 2.24) is 5.32 Å². The minimum absolute atomic E-state index is 0.0281. The molecule has 1 saturated heterocycles. The van der Waals surface area contributed by atoms with Crippen molar-refractivity contribution in [2.24, 2.45) is 5.41 Å². The quantitative estimate of drug-likeness (QED) is 0.805. The number of hydrogen-bond donors (Lipinski definition) is 2. The zero-order valence-corrected chi connectivity index (χ0v) is 12.8. The predicted octanol–water partition coefficient (Wildman–Crippen LogP) is 0.867. The second-order valence-electron chi connectivity index (χ2n) is 6.29. The van der Waals surface area contributed by atoms with Gasteiger partial charge in [0.15, 0.2) is 9.84 Å². The molecule has 6 heteroatoms. The third-order valence-electron chi connectivity index (χ3n) is 3.65. The average molecular weight is 291 g/mol. The second-order valence-corrected chi connectivity index (χ2v) is 8.59. The molecule has 1 aliphatic rings. The standard InChI is InChI=1S/C13H25NO4S/c1-13(2,3)11(7-8-15)14-12(16)10-6-4-5-9-19(10,17)18/h10-11,15H,4-9H2,1-3H3,(H,14,16). The van der Waals surface area contributed by atoms with Gasteiger partial charge in [-0.3, -0.25) is 4.79 Å². The summed E-state index contributed by atoms with van der Waals surface area (Å²) in [4.78, 5) is 12.2. The summed E-state index contributed by atoms with van der Waals surface area (Å²) in [5.74, 6) is -0.307. The van der Waals surface area contributed by atoms with Gasteiger partial charge in [0.05, 0.1) is 5.75 Å². The van der Waals surface area contributed by atoms with Gasteiger partial charge in [0.1, 0.15) is 5.25 Å². The van der Waals surface area contributed by atoms with Crippen LogP contribution in [0, 0.1) is 5.41 Å². The van der Waals surface area contributed by atoms with Crippen LogP contribution in [-0.2, 0) is 14.6 Å². The van der Waals surface area contributed by atoms with Crippen molar-refractivity contribution in [2.45, 2.75) is 57.7 Å². The first kappa shape index (κ1) is 16.4. The highest BCUT2D eigenvalue weighted by Gasteiger charge is 2.37. The Balaban J connectivity index is 2.77. The highest BCUT2D eigenvalue weighted by molar-refractivity contribution is 7.92. The lowest BCUT2D eigenvalue weighted by Gasteiger charge is -2.33. The molecule has 0 bridgehead atoms. The van der Waals surface area contributed by atoms with Crippen LogP contribution in [0.3, 0.4) is 0 Å². The fraction of sp³-hybridized carbons (Fsp3) is 0.923. The van der Waals surface area contributed by atoms with E-state index in [1.165, 1.54) is 0 Å². The fourth-order valence-electron chi connectivity index (χ4n) is 2.36. The molecule has 0 aromatic carbocycles. The highest BCUT2D eigenvalue weighted by Crippen LogP contribution is 2.24. The van der Waals surface area contributed by atoms with Crippen molar-refractivity contribution in [3.63, 3.8) is 0 Å². The molecule has 0 saturated carbocycles. The zero-order chi connectivity index (χ0) is 14.7. The Morgan fingerprint density at radius 1 is 1.37 bits per heavy atom. The minimum atomic E-state index is -3.30. The maximum Gasteiger partial charge on any atom is 0.238 e. The summed E-state index contributed by atoms with van der Waals surface area (Å²) in [6, 6.07) is -0.220. The van der Waals surface area contributed by atoms with E-state index in [2.05, 4.69) is 5.32 Å². The number of aliphatic hydroxyl groups excluding tert-OH is 1. The molecule has 0 aromatic rings. The van der Waals surface area contributed by atoms with E-state index in [-0.39, 0.29) is 23.8 Å². The van der Waals surface area contributed by atoms with Crippen LogP contribution in [0.5, 0.6) is 0 Å².